The highest BCUT2D eigenvalue weighted by molar-refractivity contribution is 5.87. The number of ether oxygens (including phenoxy) is 1. The molecule has 4 heteroatoms. The maximum Gasteiger partial charge on any atom is 0.308 e. The number of Topliss-reactive ketones (excluding diaryl/α,β-unsaturated/α-hetero) is 1. The average molecular weight is 201 g/mol. The zero-order valence-electron chi connectivity index (χ0n) is 9.53. The summed E-state index contributed by atoms with van der Waals surface area (Å²) in [6, 6.07) is -0.151. The first-order chi connectivity index (χ1) is 6.40. The van der Waals surface area contributed by atoms with E-state index in [2.05, 4.69) is 4.74 Å². The molecule has 0 saturated carbocycles. The average Bonchev–Trinajstić information content (AvgIpc) is 2.14. The Morgan fingerprint density at radius 2 is 1.79 bits per heavy atom. The minimum Gasteiger partial charge on any atom is -0.469 e. The van der Waals surface area contributed by atoms with Crippen LogP contribution in [0.3, 0.4) is 0 Å². The minimum absolute atomic E-state index is 0.0629. The molecule has 4 nitrogen and oxygen atoms in total. The van der Waals surface area contributed by atoms with E-state index in [-0.39, 0.29) is 30.1 Å². The third kappa shape index (κ3) is 3.87. The van der Waals surface area contributed by atoms with Gasteiger partial charge in [0.05, 0.1) is 19.1 Å². The number of likely N-dealkylation sites (N-methyl/N-ethyl adjacent to an activating group) is 1. The zero-order chi connectivity index (χ0) is 11.3. The molecular weight excluding hydrogens is 182 g/mol. The van der Waals surface area contributed by atoms with Crippen molar-refractivity contribution in [3.63, 3.8) is 0 Å². The topological polar surface area (TPSA) is 46.6 Å². The number of esters is 1. The van der Waals surface area contributed by atoms with Gasteiger partial charge < -0.3 is 4.74 Å². The Morgan fingerprint density at radius 3 is 2.14 bits per heavy atom. The van der Waals surface area contributed by atoms with Gasteiger partial charge in [-0.1, -0.05) is 6.92 Å². The molecule has 0 rings (SSSR count). The molecule has 0 spiro atoms. The molecule has 0 aromatic rings. The number of ketones is 1. The first-order valence-electron chi connectivity index (χ1n) is 4.67. The number of methoxy groups -OCH3 is 1. The number of nitrogens with zero attached hydrogens (tertiary/aromatic N) is 1. The summed E-state index contributed by atoms with van der Waals surface area (Å²) in [6.07, 6.45) is 0.242. The number of rotatable bonds is 5. The van der Waals surface area contributed by atoms with Crippen molar-refractivity contribution in [2.45, 2.75) is 26.3 Å². The highest BCUT2D eigenvalue weighted by atomic mass is 16.5. The second-order valence-corrected chi connectivity index (χ2v) is 3.73. The van der Waals surface area contributed by atoms with E-state index in [1.54, 1.807) is 6.92 Å². The van der Waals surface area contributed by atoms with Crippen LogP contribution in [-0.4, -0.2) is 43.9 Å². The molecule has 2 atom stereocenters. The summed E-state index contributed by atoms with van der Waals surface area (Å²) < 4.78 is 4.55. The van der Waals surface area contributed by atoms with Crippen molar-refractivity contribution in [3.05, 3.63) is 0 Å². The second-order valence-electron chi connectivity index (χ2n) is 3.73. The zero-order valence-corrected chi connectivity index (χ0v) is 9.53. The summed E-state index contributed by atoms with van der Waals surface area (Å²) in [5.74, 6) is -0.618. The van der Waals surface area contributed by atoms with E-state index in [0.29, 0.717) is 0 Å². The van der Waals surface area contributed by atoms with Gasteiger partial charge in [0, 0.05) is 6.42 Å². The summed E-state index contributed by atoms with van der Waals surface area (Å²) in [7, 11) is 5.01. The van der Waals surface area contributed by atoms with E-state index >= 15 is 0 Å². The van der Waals surface area contributed by atoms with Crippen LogP contribution in [0, 0.1) is 5.92 Å². The molecular formula is C10H19NO3. The smallest absolute Gasteiger partial charge is 0.308 e. The quantitative estimate of drug-likeness (QED) is 0.614. The van der Waals surface area contributed by atoms with E-state index < -0.39 is 0 Å². The summed E-state index contributed by atoms with van der Waals surface area (Å²) >= 11 is 0. The highest BCUT2D eigenvalue weighted by Crippen LogP contribution is 2.08. The number of hydrogen-bond acceptors (Lipinski definition) is 4. The molecule has 0 aromatic carbocycles. The van der Waals surface area contributed by atoms with Gasteiger partial charge in [-0.05, 0) is 21.0 Å². The molecule has 0 radical (unpaired) electrons. The lowest BCUT2D eigenvalue weighted by Gasteiger charge is -2.19. The van der Waals surface area contributed by atoms with Crippen LogP contribution in [0.15, 0.2) is 0 Å². The third-order valence-electron chi connectivity index (χ3n) is 2.35. The summed E-state index contributed by atoms with van der Waals surface area (Å²) in [6.45, 7) is 3.53. The molecule has 0 aliphatic rings. The van der Waals surface area contributed by atoms with Gasteiger partial charge in [-0.25, -0.2) is 0 Å². The monoisotopic (exact) mass is 201 g/mol. The Balaban J connectivity index is 4.12. The van der Waals surface area contributed by atoms with Gasteiger partial charge in [0.25, 0.3) is 0 Å². The predicted molar refractivity (Wildman–Crippen MR) is 54.0 cm³/mol. The van der Waals surface area contributed by atoms with Crippen molar-refractivity contribution in [2.24, 2.45) is 5.92 Å². The van der Waals surface area contributed by atoms with Crippen LogP contribution in [0.2, 0.25) is 0 Å². The fourth-order valence-electron chi connectivity index (χ4n) is 1.04. The van der Waals surface area contributed by atoms with E-state index in [1.807, 2.05) is 25.9 Å². The van der Waals surface area contributed by atoms with Crippen molar-refractivity contribution >= 4 is 11.8 Å². The van der Waals surface area contributed by atoms with Crippen molar-refractivity contribution in [2.75, 3.05) is 21.2 Å². The fourth-order valence-corrected chi connectivity index (χ4v) is 1.04. The molecule has 0 fully saturated rings. The standard InChI is InChI=1S/C10H19NO3/c1-7(10(13)14-5)6-9(12)8(2)11(3)4/h7-8H,6H2,1-5H3/t7-,8-/m0/s1. The fraction of sp³-hybridized carbons (Fsp3) is 0.800. The van der Waals surface area contributed by atoms with Crippen molar-refractivity contribution < 1.29 is 14.3 Å². The van der Waals surface area contributed by atoms with E-state index in [9.17, 15) is 9.59 Å². The van der Waals surface area contributed by atoms with Gasteiger partial charge in [0.2, 0.25) is 0 Å². The second kappa shape index (κ2) is 5.75. The normalized spacial score (nSPS) is 15.0. The van der Waals surface area contributed by atoms with Gasteiger partial charge in [-0.2, -0.15) is 0 Å². The van der Waals surface area contributed by atoms with Crippen molar-refractivity contribution in [3.8, 4) is 0 Å². The number of carbonyl (C=O) groups excluding carboxylic acids is 2. The van der Waals surface area contributed by atoms with Gasteiger partial charge >= 0.3 is 5.97 Å². The van der Waals surface area contributed by atoms with Crippen LogP contribution in [0.25, 0.3) is 0 Å². The molecule has 0 bridgehead atoms. The van der Waals surface area contributed by atoms with E-state index in [1.165, 1.54) is 7.11 Å². The van der Waals surface area contributed by atoms with Crippen molar-refractivity contribution in [1.29, 1.82) is 0 Å². The molecule has 0 heterocycles. The Bertz CT molecular complexity index is 213. The Morgan fingerprint density at radius 1 is 1.29 bits per heavy atom. The molecule has 82 valence electrons. The maximum atomic E-state index is 11.6. The van der Waals surface area contributed by atoms with E-state index in [4.69, 9.17) is 0 Å². The van der Waals surface area contributed by atoms with Gasteiger partial charge in [0.1, 0.15) is 0 Å². The van der Waals surface area contributed by atoms with Crippen LogP contribution < -0.4 is 0 Å². The van der Waals surface area contributed by atoms with Crippen LogP contribution >= 0.6 is 0 Å². The van der Waals surface area contributed by atoms with Crippen LogP contribution in [-0.2, 0) is 14.3 Å². The lowest BCUT2D eigenvalue weighted by atomic mass is 10.0. The van der Waals surface area contributed by atoms with E-state index in [0.717, 1.165) is 0 Å². The van der Waals surface area contributed by atoms with Crippen molar-refractivity contribution in [1.82, 2.24) is 4.90 Å². The molecule has 0 aromatic heterocycles. The minimum atomic E-state index is -0.352. The highest BCUT2D eigenvalue weighted by Gasteiger charge is 2.22. The summed E-state index contributed by atoms with van der Waals surface area (Å²) in [5.41, 5.74) is 0. The van der Waals surface area contributed by atoms with Crippen LogP contribution in [0.4, 0.5) is 0 Å². The summed E-state index contributed by atoms with van der Waals surface area (Å²) in [5, 5.41) is 0. The van der Waals surface area contributed by atoms with Gasteiger partial charge in [0.15, 0.2) is 5.78 Å². The third-order valence-corrected chi connectivity index (χ3v) is 2.35. The number of hydrogen-bond donors (Lipinski definition) is 0. The molecule has 0 aliphatic carbocycles. The first-order valence-corrected chi connectivity index (χ1v) is 4.67. The SMILES string of the molecule is COC(=O)[C@@H](C)CC(=O)[C@H](C)N(C)C. The molecule has 0 unspecified atom stereocenters. The Labute approximate surface area is 85.2 Å². The molecule has 14 heavy (non-hydrogen) atoms. The Kier molecular flexibility index (Phi) is 5.38. The molecule has 0 aliphatic heterocycles. The lowest BCUT2D eigenvalue weighted by molar-refractivity contribution is -0.146. The molecule has 0 amide bonds. The first kappa shape index (κ1) is 13.1. The van der Waals surface area contributed by atoms with Crippen LogP contribution in [0.1, 0.15) is 20.3 Å². The van der Waals surface area contributed by atoms with Gasteiger partial charge in [-0.15, -0.1) is 0 Å². The lowest BCUT2D eigenvalue weighted by Crippen LogP contribution is -2.34. The maximum absolute atomic E-state index is 11.6. The molecule has 0 N–H and O–H groups in total. The van der Waals surface area contributed by atoms with Crippen LogP contribution in [0.5, 0.6) is 0 Å². The Hall–Kier alpha value is -0.900. The predicted octanol–water partition coefficient (Wildman–Crippen LogP) is 0.705. The largest absolute Gasteiger partial charge is 0.469 e. The molecule has 0 saturated heterocycles. The van der Waals surface area contributed by atoms with Gasteiger partial charge in [-0.3, -0.25) is 14.5 Å². The summed E-state index contributed by atoms with van der Waals surface area (Å²) in [4.78, 5) is 24.4. The number of carbonyl (C=O) groups is 2.